The molecule has 5 heteroatoms. The van der Waals surface area contributed by atoms with E-state index >= 15 is 0 Å². The minimum Gasteiger partial charge on any atom is -0.367 e. The number of nitriles is 2. The van der Waals surface area contributed by atoms with Crippen LogP contribution in [-0.4, -0.2) is 35.6 Å². The highest BCUT2D eigenvalue weighted by Crippen LogP contribution is 2.17. The molecule has 1 fully saturated rings. The van der Waals surface area contributed by atoms with Gasteiger partial charge in [-0.25, -0.2) is 4.98 Å². The molecule has 0 aromatic carbocycles. The zero-order valence-corrected chi connectivity index (χ0v) is 13.1. The van der Waals surface area contributed by atoms with Crippen LogP contribution < -0.4 is 5.32 Å². The molecule has 0 bridgehead atoms. The van der Waals surface area contributed by atoms with Gasteiger partial charge in [-0.3, -0.25) is 0 Å². The molecule has 1 aromatic heterocycles. The van der Waals surface area contributed by atoms with Crippen LogP contribution in [0.15, 0.2) is 18.2 Å². The summed E-state index contributed by atoms with van der Waals surface area (Å²) in [6.45, 7) is 4.77. The molecule has 116 valence electrons. The van der Waals surface area contributed by atoms with Gasteiger partial charge in [-0.1, -0.05) is 6.07 Å². The van der Waals surface area contributed by atoms with Crippen molar-refractivity contribution in [3.05, 3.63) is 23.9 Å². The molecule has 1 aliphatic heterocycles. The molecule has 0 amide bonds. The Labute approximate surface area is 132 Å². The Kier molecular flexibility index (Phi) is 6.18. The first-order valence-electron chi connectivity index (χ1n) is 7.90. The first kappa shape index (κ1) is 16.3. The van der Waals surface area contributed by atoms with Crippen molar-refractivity contribution in [3.63, 3.8) is 0 Å². The van der Waals surface area contributed by atoms with Gasteiger partial charge in [0.25, 0.3) is 0 Å². The molecule has 1 saturated heterocycles. The fourth-order valence-corrected chi connectivity index (χ4v) is 2.84. The quantitative estimate of drug-likeness (QED) is 0.873. The van der Waals surface area contributed by atoms with Gasteiger partial charge in [0, 0.05) is 37.8 Å². The average molecular weight is 297 g/mol. The highest BCUT2D eigenvalue weighted by atomic mass is 15.1. The summed E-state index contributed by atoms with van der Waals surface area (Å²) in [5, 5.41) is 21.3. The fraction of sp³-hybridized carbons (Fsp3) is 0.588. The summed E-state index contributed by atoms with van der Waals surface area (Å²) in [4.78, 5) is 6.82. The van der Waals surface area contributed by atoms with E-state index in [0.717, 1.165) is 44.0 Å². The Balaban J connectivity index is 1.76. The van der Waals surface area contributed by atoms with Crippen LogP contribution in [0.1, 0.15) is 31.4 Å². The lowest BCUT2D eigenvalue weighted by Crippen LogP contribution is -2.41. The second-order valence-electron chi connectivity index (χ2n) is 5.91. The third-order valence-corrected chi connectivity index (χ3v) is 4.09. The maximum atomic E-state index is 9.15. The van der Waals surface area contributed by atoms with Gasteiger partial charge in [-0.05, 0) is 38.3 Å². The van der Waals surface area contributed by atoms with Crippen molar-refractivity contribution in [1.29, 1.82) is 10.5 Å². The smallest absolute Gasteiger partial charge is 0.126 e. The normalized spacial score (nSPS) is 17.4. The van der Waals surface area contributed by atoms with E-state index in [2.05, 4.69) is 27.3 Å². The summed E-state index contributed by atoms with van der Waals surface area (Å²) in [5.74, 6) is 0.921. The average Bonchev–Trinajstić information content (AvgIpc) is 2.53. The van der Waals surface area contributed by atoms with E-state index in [1.807, 2.05) is 25.1 Å². The van der Waals surface area contributed by atoms with Crippen molar-refractivity contribution in [3.8, 4) is 12.1 Å². The highest BCUT2D eigenvalue weighted by Gasteiger charge is 2.21. The van der Waals surface area contributed by atoms with E-state index in [1.165, 1.54) is 0 Å². The Hall–Kier alpha value is -2.11. The molecule has 1 aliphatic rings. The Morgan fingerprint density at radius 1 is 1.36 bits per heavy atom. The molecular weight excluding hydrogens is 274 g/mol. The highest BCUT2D eigenvalue weighted by molar-refractivity contribution is 5.36. The Morgan fingerprint density at radius 2 is 2.14 bits per heavy atom. The van der Waals surface area contributed by atoms with E-state index in [1.54, 1.807) is 0 Å². The van der Waals surface area contributed by atoms with Crippen molar-refractivity contribution in [2.45, 2.75) is 38.6 Å². The van der Waals surface area contributed by atoms with E-state index in [4.69, 9.17) is 10.5 Å². The molecule has 0 spiro atoms. The van der Waals surface area contributed by atoms with Crippen LogP contribution in [0.3, 0.4) is 0 Å². The molecule has 5 nitrogen and oxygen atoms in total. The third kappa shape index (κ3) is 5.02. The van der Waals surface area contributed by atoms with Crippen molar-refractivity contribution in [2.75, 3.05) is 25.0 Å². The topological polar surface area (TPSA) is 75.7 Å². The minimum atomic E-state index is -0.0254. The number of anilines is 1. The van der Waals surface area contributed by atoms with Crippen LogP contribution in [0.4, 0.5) is 5.82 Å². The standard InChI is InChI=1S/C17H23N5/c1-14-4-2-6-17(20-14)21-16-7-10-22(11-8-16)13-15(12-19)5-3-9-18/h2,4,6,15-16H,3,5,7-8,10-11,13H2,1H3,(H,20,21)/t15-/m1/s1. The van der Waals surface area contributed by atoms with Crippen LogP contribution in [-0.2, 0) is 0 Å². The van der Waals surface area contributed by atoms with E-state index in [9.17, 15) is 0 Å². The maximum Gasteiger partial charge on any atom is 0.126 e. The van der Waals surface area contributed by atoms with Crippen LogP contribution in [0.25, 0.3) is 0 Å². The summed E-state index contributed by atoms with van der Waals surface area (Å²) in [6.07, 6.45) is 3.27. The predicted molar refractivity (Wildman–Crippen MR) is 86.0 cm³/mol. The lowest BCUT2D eigenvalue weighted by Gasteiger charge is -2.33. The minimum absolute atomic E-state index is 0.0254. The van der Waals surface area contributed by atoms with Gasteiger partial charge in [0.1, 0.15) is 5.82 Å². The molecule has 1 atom stereocenters. The second-order valence-corrected chi connectivity index (χ2v) is 5.91. The number of hydrogen-bond donors (Lipinski definition) is 1. The number of aromatic nitrogens is 1. The summed E-state index contributed by atoms with van der Waals surface area (Å²) in [6, 6.07) is 10.9. The molecule has 22 heavy (non-hydrogen) atoms. The van der Waals surface area contributed by atoms with Gasteiger partial charge >= 0.3 is 0 Å². The van der Waals surface area contributed by atoms with Crippen molar-refractivity contribution >= 4 is 5.82 Å². The lowest BCUT2D eigenvalue weighted by atomic mass is 10.0. The molecule has 2 heterocycles. The number of rotatable bonds is 6. The molecule has 0 unspecified atom stereocenters. The predicted octanol–water partition coefficient (Wildman–Crippen LogP) is 2.71. The van der Waals surface area contributed by atoms with Crippen LogP contribution >= 0.6 is 0 Å². The Morgan fingerprint density at radius 3 is 2.77 bits per heavy atom. The fourth-order valence-electron chi connectivity index (χ4n) is 2.84. The van der Waals surface area contributed by atoms with Gasteiger partial charge in [0.05, 0.1) is 18.1 Å². The number of likely N-dealkylation sites (tertiary alicyclic amines) is 1. The van der Waals surface area contributed by atoms with Crippen LogP contribution in [0, 0.1) is 35.5 Å². The summed E-state index contributed by atoms with van der Waals surface area (Å²) in [5.41, 5.74) is 1.02. The van der Waals surface area contributed by atoms with Crippen LogP contribution in [0.5, 0.6) is 0 Å². The maximum absolute atomic E-state index is 9.15. The summed E-state index contributed by atoms with van der Waals surface area (Å²) >= 11 is 0. The third-order valence-electron chi connectivity index (χ3n) is 4.09. The first-order chi connectivity index (χ1) is 10.7. The molecule has 1 N–H and O–H groups in total. The van der Waals surface area contributed by atoms with E-state index in [-0.39, 0.29) is 5.92 Å². The first-order valence-corrected chi connectivity index (χ1v) is 7.90. The van der Waals surface area contributed by atoms with E-state index in [0.29, 0.717) is 18.9 Å². The zero-order valence-electron chi connectivity index (χ0n) is 13.1. The van der Waals surface area contributed by atoms with Gasteiger partial charge in [0.2, 0.25) is 0 Å². The van der Waals surface area contributed by atoms with E-state index < -0.39 is 0 Å². The zero-order chi connectivity index (χ0) is 15.8. The molecular formula is C17H23N5. The Bertz CT molecular complexity index is 549. The number of piperidine rings is 1. The number of nitrogens with one attached hydrogen (secondary N) is 1. The SMILES string of the molecule is Cc1cccc(NC2CCN(C[C@@H](C#N)CCC#N)CC2)n1. The number of nitrogens with zero attached hydrogens (tertiary/aromatic N) is 4. The van der Waals surface area contributed by atoms with Gasteiger partial charge in [0.15, 0.2) is 0 Å². The second kappa shape index (κ2) is 8.36. The van der Waals surface area contributed by atoms with Crippen molar-refractivity contribution in [1.82, 2.24) is 9.88 Å². The molecule has 0 saturated carbocycles. The van der Waals surface area contributed by atoms with Crippen molar-refractivity contribution < 1.29 is 0 Å². The van der Waals surface area contributed by atoms with Gasteiger partial charge in [-0.15, -0.1) is 0 Å². The molecule has 1 aromatic rings. The molecule has 0 aliphatic carbocycles. The molecule has 2 rings (SSSR count). The van der Waals surface area contributed by atoms with Crippen molar-refractivity contribution in [2.24, 2.45) is 5.92 Å². The summed E-state index contributed by atoms with van der Waals surface area (Å²) in [7, 11) is 0. The van der Waals surface area contributed by atoms with Gasteiger partial charge in [-0.2, -0.15) is 10.5 Å². The lowest BCUT2D eigenvalue weighted by molar-refractivity contribution is 0.199. The number of pyridine rings is 1. The summed E-state index contributed by atoms with van der Waals surface area (Å²) < 4.78 is 0. The monoisotopic (exact) mass is 297 g/mol. The van der Waals surface area contributed by atoms with Gasteiger partial charge < -0.3 is 10.2 Å². The largest absolute Gasteiger partial charge is 0.367 e. The van der Waals surface area contributed by atoms with Crippen LogP contribution in [0.2, 0.25) is 0 Å². The number of aryl methyl sites for hydroxylation is 1. The number of hydrogen-bond acceptors (Lipinski definition) is 5. The molecule has 0 radical (unpaired) electrons.